The summed E-state index contributed by atoms with van der Waals surface area (Å²) in [7, 11) is -3.99. The van der Waals surface area contributed by atoms with Gasteiger partial charge in [0.15, 0.2) is 5.69 Å². The smallest absolute Gasteiger partial charge is 0.263 e. The van der Waals surface area contributed by atoms with Gasteiger partial charge in [0.05, 0.1) is 6.20 Å². The molecule has 2 heterocycles. The summed E-state index contributed by atoms with van der Waals surface area (Å²) in [4.78, 5) is 6.97. The number of anilines is 1. The molecule has 0 saturated heterocycles. The molecule has 0 bridgehead atoms. The molecule has 0 aliphatic carbocycles. The van der Waals surface area contributed by atoms with Crippen LogP contribution in [0.1, 0.15) is 5.69 Å². The zero-order valence-electron chi connectivity index (χ0n) is 9.41. The number of hydrogen-bond acceptors (Lipinski definition) is 5. The van der Waals surface area contributed by atoms with Crippen LogP contribution in [-0.4, -0.2) is 18.4 Å². The third-order valence-corrected chi connectivity index (χ3v) is 3.52. The SMILES string of the molecule is N#Cc1ncccc1S(=O)(=O)Nc1ccc(F)cn1. The Bertz CT molecular complexity index is 738. The van der Waals surface area contributed by atoms with Gasteiger partial charge in [-0.15, -0.1) is 0 Å². The zero-order valence-corrected chi connectivity index (χ0v) is 10.2. The molecule has 6 nitrogen and oxygen atoms in total. The first-order chi connectivity index (χ1) is 9.03. The summed E-state index contributed by atoms with van der Waals surface area (Å²) in [5.74, 6) is -0.629. The van der Waals surface area contributed by atoms with Crippen LogP contribution in [0.15, 0.2) is 41.6 Å². The molecule has 0 aromatic carbocycles. The maximum Gasteiger partial charge on any atom is 0.265 e. The van der Waals surface area contributed by atoms with Crippen LogP contribution in [0.2, 0.25) is 0 Å². The summed E-state index contributed by atoms with van der Waals surface area (Å²) in [6, 6.07) is 6.57. The van der Waals surface area contributed by atoms with Crippen molar-refractivity contribution in [1.82, 2.24) is 9.97 Å². The molecular weight excluding hydrogens is 271 g/mol. The summed E-state index contributed by atoms with van der Waals surface area (Å²) < 4.78 is 38.9. The van der Waals surface area contributed by atoms with E-state index in [4.69, 9.17) is 5.26 Å². The van der Waals surface area contributed by atoms with Crippen LogP contribution < -0.4 is 4.72 Å². The second-order valence-electron chi connectivity index (χ2n) is 3.43. The average molecular weight is 278 g/mol. The van der Waals surface area contributed by atoms with Gasteiger partial charge < -0.3 is 0 Å². The number of sulfonamides is 1. The molecule has 0 aliphatic heterocycles. The van der Waals surface area contributed by atoms with Crippen molar-refractivity contribution >= 4 is 15.8 Å². The number of halogens is 1. The van der Waals surface area contributed by atoms with Gasteiger partial charge in [0.25, 0.3) is 10.0 Å². The van der Waals surface area contributed by atoms with Gasteiger partial charge in [-0.2, -0.15) is 5.26 Å². The summed E-state index contributed by atoms with van der Waals surface area (Å²) >= 11 is 0. The van der Waals surface area contributed by atoms with Gasteiger partial charge in [-0.25, -0.2) is 22.8 Å². The van der Waals surface area contributed by atoms with E-state index in [0.717, 1.165) is 12.3 Å². The molecule has 0 saturated carbocycles. The van der Waals surface area contributed by atoms with Crippen LogP contribution in [0.25, 0.3) is 0 Å². The predicted molar refractivity (Wildman–Crippen MR) is 64.0 cm³/mol. The lowest BCUT2D eigenvalue weighted by atomic mass is 10.4. The lowest BCUT2D eigenvalue weighted by Crippen LogP contribution is -2.15. The number of hydrogen-bond donors (Lipinski definition) is 1. The van der Waals surface area contributed by atoms with E-state index in [1.54, 1.807) is 6.07 Å². The van der Waals surface area contributed by atoms with Crippen LogP contribution in [-0.2, 0) is 10.0 Å². The van der Waals surface area contributed by atoms with Crippen molar-refractivity contribution in [3.8, 4) is 6.07 Å². The topological polar surface area (TPSA) is 95.7 Å². The van der Waals surface area contributed by atoms with E-state index in [2.05, 4.69) is 14.7 Å². The highest BCUT2D eigenvalue weighted by Gasteiger charge is 2.19. The van der Waals surface area contributed by atoms with E-state index in [-0.39, 0.29) is 16.4 Å². The van der Waals surface area contributed by atoms with E-state index in [9.17, 15) is 12.8 Å². The van der Waals surface area contributed by atoms with Crippen LogP contribution in [0.4, 0.5) is 10.2 Å². The number of nitrogens with zero attached hydrogens (tertiary/aromatic N) is 3. The minimum absolute atomic E-state index is 0.0471. The molecule has 1 N–H and O–H groups in total. The Morgan fingerprint density at radius 1 is 1.26 bits per heavy atom. The normalized spacial score (nSPS) is 10.7. The average Bonchev–Trinajstić information content (AvgIpc) is 2.41. The standard InChI is InChI=1S/C11H7FN4O2S/c12-8-3-4-11(15-7-8)16-19(17,18)10-2-1-5-14-9(10)6-13/h1-5,7H,(H,15,16). The molecule has 0 fully saturated rings. The first kappa shape index (κ1) is 12.9. The first-order valence-electron chi connectivity index (χ1n) is 5.02. The molecule has 2 aromatic rings. The summed E-state index contributed by atoms with van der Waals surface area (Å²) in [5.41, 5.74) is -0.225. The van der Waals surface area contributed by atoms with Crippen molar-refractivity contribution in [3.63, 3.8) is 0 Å². The van der Waals surface area contributed by atoms with Crippen molar-refractivity contribution in [3.05, 3.63) is 48.2 Å². The first-order valence-corrected chi connectivity index (χ1v) is 6.51. The van der Waals surface area contributed by atoms with Gasteiger partial charge in [-0.05, 0) is 24.3 Å². The monoisotopic (exact) mass is 278 g/mol. The summed E-state index contributed by atoms with van der Waals surface area (Å²) in [6.45, 7) is 0. The second-order valence-corrected chi connectivity index (χ2v) is 5.08. The van der Waals surface area contributed by atoms with Gasteiger partial charge in [0.2, 0.25) is 0 Å². The van der Waals surface area contributed by atoms with Gasteiger partial charge >= 0.3 is 0 Å². The molecule has 0 atom stereocenters. The fourth-order valence-electron chi connectivity index (χ4n) is 1.32. The number of nitriles is 1. The molecule has 0 unspecified atom stereocenters. The molecule has 0 spiro atoms. The predicted octanol–water partition coefficient (Wildman–Crippen LogP) is 1.29. The van der Waals surface area contributed by atoms with E-state index >= 15 is 0 Å². The highest BCUT2D eigenvalue weighted by molar-refractivity contribution is 7.92. The van der Waals surface area contributed by atoms with E-state index in [0.29, 0.717) is 0 Å². The van der Waals surface area contributed by atoms with Gasteiger partial charge in [-0.3, -0.25) is 4.72 Å². The van der Waals surface area contributed by atoms with E-state index in [1.807, 2.05) is 0 Å². The van der Waals surface area contributed by atoms with E-state index < -0.39 is 15.8 Å². The third kappa shape index (κ3) is 2.83. The Labute approximate surface area is 108 Å². The van der Waals surface area contributed by atoms with Gasteiger partial charge in [-0.1, -0.05) is 0 Å². The van der Waals surface area contributed by atoms with Gasteiger partial charge in [0, 0.05) is 6.20 Å². The number of pyridine rings is 2. The third-order valence-electron chi connectivity index (χ3n) is 2.13. The number of rotatable bonds is 3. The van der Waals surface area contributed by atoms with Gasteiger partial charge in [0.1, 0.15) is 22.6 Å². The highest BCUT2D eigenvalue weighted by Crippen LogP contribution is 2.16. The minimum Gasteiger partial charge on any atom is -0.263 e. The maximum absolute atomic E-state index is 12.7. The van der Waals surface area contributed by atoms with Crippen LogP contribution in [0.5, 0.6) is 0 Å². The Morgan fingerprint density at radius 3 is 2.68 bits per heavy atom. The maximum atomic E-state index is 12.7. The molecule has 19 heavy (non-hydrogen) atoms. The van der Waals surface area contributed by atoms with Crippen molar-refractivity contribution in [2.45, 2.75) is 4.90 Å². The lowest BCUT2D eigenvalue weighted by Gasteiger charge is -2.07. The lowest BCUT2D eigenvalue weighted by molar-refractivity contribution is 0.599. The molecule has 0 radical (unpaired) electrons. The van der Waals surface area contributed by atoms with Crippen LogP contribution in [0.3, 0.4) is 0 Å². The molecule has 8 heteroatoms. The molecule has 2 aromatic heterocycles. The largest absolute Gasteiger partial charge is 0.265 e. The fraction of sp³-hybridized carbons (Fsp3) is 0. The van der Waals surface area contributed by atoms with Crippen molar-refractivity contribution in [2.24, 2.45) is 0 Å². The van der Waals surface area contributed by atoms with E-state index in [1.165, 1.54) is 24.4 Å². The number of nitrogens with one attached hydrogen (secondary N) is 1. The Balaban J connectivity index is 2.38. The quantitative estimate of drug-likeness (QED) is 0.912. The molecule has 2 rings (SSSR count). The fourth-order valence-corrected chi connectivity index (χ4v) is 2.44. The van der Waals surface area contributed by atoms with Crippen LogP contribution >= 0.6 is 0 Å². The summed E-state index contributed by atoms with van der Waals surface area (Å²) in [6.07, 6.45) is 2.19. The van der Waals surface area contributed by atoms with Crippen LogP contribution in [0, 0.1) is 17.1 Å². The Kier molecular flexibility index (Phi) is 3.39. The zero-order chi connectivity index (χ0) is 13.9. The number of aromatic nitrogens is 2. The molecular formula is C11H7FN4O2S. The van der Waals surface area contributed by atoms with Crippen molar-refractivity contribution in [1.29, 1.82) is 5.26 Å². The summed E-state index contributed by atoms with van der Waals surface area (Å²) in [5, 5.41) is 8.81. The molecule has 96 valence electrons. The van der Waals surface area contributed by atoms with Crippen molar-refractivity contribution < 1.29 is 12.8 Å². The molecule has 0 amide bonds. The Morgan fingerprint density at radius 2 is 2.05 bits per heavy atom. The highest BCUT2D eigenvalue weighted by atomic mass is 32.2. The second kappa shape index (κ2) is 4.99. The van der Waals surface area contributed by atoms with Crippen molar-refractivity contribution in [2.75, 3.05) is 4.72 Å². The molecule has 0 aliphatic rings. The Hall–Kier alpha value is -2.53. The minimum atomic E-state index is -3.99.